The van der Waals surface area contributed by atoms with Crippen molar-refractivity contribution in [3.8, 4) is 0 Å². The van der Waals surface area contributed by atoms with Gasteiger partial charge in [0.2, 0.25) is 0 Å². The SMILES string of the molecule is COC(=O)C(C)Nc1cc([N+](=O)[O-])cc(Cl)n1. The highest BCUT2D eigenvalue weighted by Crippen LogP contribution is 2.20. The second-order valence-electron chi connectivity index (χ2n) is 3.18. The number of nitrogens with one attached hydrogen (secondary N) is 1. The van der Waals surface area contributed by atoms with Crippen molar-refractivity contribution >= 4 is 29.1 Å². The lowest BCUT2D eigenvalue weighted by atomic mass is 10.3. The number of hydrogen-bond donors (Lipinski definition) is 1. The smallest absolute Gasteiger partial charge is 0.328 e. The van der Waals surface area contributed by atoms with E-state index in [-0.39, 0.29) is 16.7 Å². The van der Waals surface area contributed by atoms with Gasteiger partial charge in [-0.1, -0.05) is 11.6 Å². The number of aromatic nitrogens is 1. The third-order valence-electron chi connectivity index (χ3n) is 1.91. The molecule has 0 fully saturated rings. The van der Waals surface area contributed by atoms with Crippen LogP contribution in [0.2, 0.25) is 5.15 Å². The summed E-state index contributed by atoms with van der Waals surface area (Å²) in [6, 6.07) is 1.63. The lowest BCUT2D eigenvalue weighted by Gasteiger charge is -2.11. The van der Waals surface area contributed by atoms with Crippen LogP contribution in [0, 0.1) is 10.1 Å². The Morgan fingerprint density at radius 3 is 2.82 bits per heavy atom. The second kappa shape index (κ2) is 5.44. The van der Waals surface area contributed by atoms with E-state index in [1.54, 1.807) is 6.92 Å². The van der Waals surface area contributed by atoms with Gasteiger partial charge >= 0.3 is 5.97 Å². The molecule has 0 amide bonds. The summed E-state index contributed by atoms with van der Waals surface area (Å²) in [4.78, 5) is 24.9. The molecule has 0 spiro atoms. The minimum atomic E-state index is -0.675. The first-order chi connectivity index (χ1) is 7.93. The summed E-state index contributed by atoms with van der Waals surface area (Å²) in [5.74, 6) is -0.364. The summed E-state index contributed by atoms with van der Waals surface area (Å²) in [6.07, 6.45) is 0. The molecule has 1 unspecified atom stereocenters. The minimum Gasteiger partial charge on any atom is -0.467 e. The van der Waals surface area contributed by atoms with Gasteiger partial charge in [-0.15, -0.1) is 0 Å². The number of halogens is 1. The number of nitro groups is 1. The van der Waals surface area contributed by atoms with Crippen molar-refractivity contribution in [1.29, 1.82) is 0 Å². The van der Waals surface area contributed by atoms with Gasteiger partial charge in [-0.25, -0.2) is 9.78 Å². The molecule has 0 radical (unpaired) electrons. The number of hydrogen-bond acceptors (Lipinski definition) is 6. The average Bonchev–Trinajstić information content (AvgIpc) is 2.26. The molecule has 0 aliphatic rings. The van der Waals surface area contributed by atoms with Crippen LogP contribution < -0.4 is 5.32 Å². The number of carbonyl (C=O) groups is 1. The molecule has 0 aromatic carbocycles. The summed E-state index contributed by atoms with van der Waals surface area (Å²) in [5.41, 5.74) is -0.204. The fourth-order valence-corrected chi connectivity index (χ4v) is 1.32. The second-order valence-corrected chi connectivity index (χ2v) is 3.57. The van der Waals surface area contributed by atoms with Crippen molar-refractivity contribution in [3.63, 3.8) is 0 Å². The summed E-state index contributed by atoms with van der Waals surface area (Å²) in [5, 5.41) is 13.2. The lowest BCUT2D eigenvalue weighted by molar-refractivity contribution is -0.384. The third-order valence-corrected chi connectivity index (χ3v) is 2.10. The van der Waals surface area contributed by atoms with Crippen LogP contribution in [0.3, 0.4) is 0 Å². The van der Waals surface area contributed by atoms with E-state index in [9.17, 15) is 14.9 Å². The highest BCUT2D eigenvalue weighted by atomic mass is 35.5. The van der Waals surface area contributed by atoms with E-state index in [2.05, 4.69) is 15.0 Å². The first-order valence-corrected chi connectivity index (χ1v) is 4.98. The highest BCUT2D eigenvalue weighted by Gasteiger charge is 2.16. The van der Waals surface area contributed by atoms with Crippen LogP contribution in [0.15, 0.2) is 12.1 Å². The fraction of sp³-hybridized carbons (Fsp3) is 0.333. The molecule has 0 bridgehead atoms. The van der Waals surface area contributed by atoms with Gasteiger partial charge in [-0.05, 0) is 6.92 Å². The monoisotopic (exact) mass is 259 g/mol. The molecule has 0 aliphatic carbocycles. The number of rotatable bonds is 4. The molecule has 92 valence electrons. The molecule has 0 aliphatic heterocycles. The number of carbonyl (C=O) groups excluding carboxylic acids is 1. The van der Waals surface area contributed by atoms with Gasteiger partial charge in [0.05, 0.1) is 24.2 Å². The average molecular weight is 260 g/mol. The van der Waals surface area contributed by atoms with E-state index < -0.39 is 16.9 Å². The van der Waals surface area contributed by atoms with Gasteiger partial charge in [0.15, 0.2) is 0 Å². The van der Waals surface area contributed by atoms with Gasteiger partial charge in [0, 0.05) is 0 Å². The Morgan fingerprint density at radius 2 is 2.29 bits per heavy atom. The molecule has 1 aromatic heterocycles. The predicted octanol–water partition coefficient (Wildman–Crippen LogP) is 1.62. The summed E-state index contributed by atoms with van der Waals surface area (Å²) in [7, 11) is 1.24. The first kappa shape index (κ1) is 13.2. The van der Waals surface area contributed by atoms with Crippen molar-refractivity contribution in [2.24, 2.45) is 0 Å². The van der Waals surface area contributed by atoms with Gasteiger partial charge < -0.3 is 10.1 Å². The standard InChI is InChI=1S/C9H10ClN3O4/c1-5(9(14)17-2)11-8-4-6(13(15)16)3-7(10)12-8/h3-5H,1-2H3,(H,11,12). The molecule has 0 saturated carbocycles. The number of nitrogens with zero attached hydrogens (tertiary/aromatic N) is 2. The van der Waals surface area contributed by atoms with Gasteiger partial charge in [-0.3, -0.25) is 10.1 Å². The first-order valence-electron chi connectivity index (χ1n) is 4.60. The Kier molecular flexibility index (Phi) is 4.22. The topological polar surface area (TPSA) is 94.4 Å². The molecule has 7 nitrogen and oxygen atoms in total. The number of methoxy groups -OCH3 is 1. The Hall–Kier alpha value is -1.89. The zero-order valence-corrected chi connectivity index (χ0v) is 9.89. The molecule has 1 N–H and O–H groups in total. The van der Waals surface area contributed by atoms with Crippen LogP contribution in [0.5, 0.6) is 0 Å². The Bertz CT molecular complexity index is 452. The molecule has 0 saturated heterocycles. The normalized spacial score (nSPS) is 11.7. The van der Waals surface area contributed by atoms with Crippen LogP contribution in [-0.4, -0.2) is 29.0 Å². The van der Waals surface area contributed by atoms with Crippen molar-refractivity contribution < 1.29 is 14.5 Å². The Labute approximate surface area is 102 Å². The van der Waals surface area contributed by atoms with E-state index >= 15 is 0 Å². The van der Waals surface area contributed by atoms with Crippen molar-refractivity contribution in [2.75, 3.05) is 12.4 Å². The molecule has 1 heterocycles. The van der Waals surface area contributed by atoms with Gasteiger partial charge in [0.25, 0.3) is 5.69 Å². The number of ether oxygens (including phenoxy) is 1. The van der Waals surface area contributed by atoms with Crippen LogP contribution >= 0.6 is 11.6 Å². The van der Waals surface area contributed by atoms with E-state index in [4.69, 9.17) is 11.6 Å². The molecular weight excluding hydrogens is 250 g/mol. The van der Waals surface area contributed by atoms with E-state index in [0.29, 0.717) is 0 Å². The van der Waals surface area contributed by atoms with Crippen LogP contribution in [0.4, 0.5) is 11.5 Å². The van der Waals surface area contributed by atoms with Crippen LogP contribution in [0.25, 0.3) is 0 Å². The Balaban J connectivity index is 2.91. The van der Waals surface area contributed by atoms with Crippen molar-refractivity contribution in [2.45, 2.75) is 13.0 Å². The predicted molar refractivity (Wildman–Crippen MR) is 61.0 cm³/mol. The molecule has 1 rings (SSSR count). The maximum atomic E-state index is 11.1. The maximum absolute atomic E-state index is 11.1. The summed E-state index contributed by atoms with van der Waals surface area (Å²) >= 11 is 5.62. The zero-order chi connectivity index (χ0) is 13.0. The summed E-state index contributed by atoms with van der Waals surface area (Å²) in [6.45, 7) is 1.54. The fourth-order valence-electron chi connectivity index (χ4n) is 1.12. The van der Waals surface area contributed by atoms with Crippen molar-refractivity contribution in [1.82, 2.24) is 4.98 Å². The highest BCUT2D eigenvalue weighted by molar-refractivity contribution is 6.29. The van der Waals surface area contributed by atoms with E-state index in [0.717, 1.165) is 6.07 Å². The van der Waals surface area contributed by atoms with Crippen LogP contribution in [-0.2, 0) is 9.53 Å². The van der Waals surface area contributed by atoms with Gasteiger partial charge in [-0.2, -0.15) is 0 Å². The molecule has 1 aromatic rings. The van der Waals surface area contributed by atoms with E-state index in [1.807, 2.05) is 0 Å². The lowest BCUT2D eigenvalue weighted by Crippen LogP contribution is -2.27. The molecule has 8 heteroatoms. The maximum Gasteiger partial charge on any atom is 0.328 e. The van der Waals surface area contributed by atoms with Gasteiger partial charge in [0.1, 0.15) is 17.0 Å². The number of anilines is 1. The number of esters is 1. The molecular formula is C9H10ClN3O4. The third kappa shape index (κ3) is 3.56. The molecule has 17 heavy (non-hydrogen) atoms. The van der Waals surface area contributed by atoms with Crippen molar-refractivity contribution in [3.05, 3.63) is 27.4 Å². The van der Waals surface area contributed by atoms with E-state index in [1.165, 1.54) is 13.2 Å². The summed E-state index contributed by atoms with van der Waals surface area (Å²) < 4.78 is 4.50. The van der Waals surface area contributed by atoms with Crippen LogP contribution in [0.1, 0.15) is 6.92 Å². The Morgan fingerprint density at radius 1 is 1.65 bits per heavy atom. The zero-order valence-electron chi connectivity index (χ0n) is 9.14. The quantitative estimate of drug-likeness (QED) is 0.382. The minimum absolute atomic E-state index is 0.0289. The number of pyridine rings is 1. The molecule has 1 atom stereocenters. The largest absolute Gasteiger partial charge is 0.467 e.